The van der Waals surface area contributed by atoms with Crippen LogP contribution in [0.15, 0.2) is 6.20 Å². The van der Waals surface area contributed by atoms with Gasteiger partial charge in [-0.05, 0) is 25.7 Å². The molecule has 0 amide bonds. The molecular formula is C9H13N3O5S. The molecular weight excluding hydrogens is 262 g/mol. The van der Waals surface area contributed by atoms with Crippen molar-refractivity contribution < 1.29 is 17.9 Å². The molecule has 0 aromatic carbocycles. The minimum Gasteiger partial charge on any atom is -0.286 e. The third-order valence-electron chi connectivity index (χ3n) is 3.22. The SMILES string of the molecule is Cc1c([N+](=O)[O-])cnn1[C@H]1C[C@@H](CS(=O)(=O)O)C1. The van der Waals surface area contributed by atoms with E-state index in [1.54, 1.807) is 11.6 Å². The highest BCUT2D eigenvalue weighted by Crippen LogP contribution is 2.39. The number of nitro groups is 1. The zero-order chi connectivity index (χ0) is 13.5. The number of nitrogens with zero attached hydrogens (tertiary/aromatic N) is 3. The second-order valence-corrected chi connectivity index (χ2v) is 6.05. The standard InChI is InChI=1S/C9H13N3O5S/c1-6-9(12(13)14)4-10-11(6)8-2-7(3-8)5-18(15,16)17/h4,7-8H,2-3,5H2,1H3,(H,15,16,17)/t7-,8+. The van der Waals surface area contributed by atoms with Crippen molar-refractivity contribution in [2.75, 3.05) is 5.75 Å². The van der Waals surface area contributed by atoms with E-state index >= 15 is 0 Å². The number of hydrogen-bond donors (Lipinski definition) is 1. The molecule has 0 atom stereocenters. The summed E-state index contributed by atoms with van der Waals surface area (Å²) in [4.78, 5) is 10.2. The van der Waals surface area contributed by atoms with E-state index in [2.05, 4.69) is 5.10 Å². The maximum absolute atomic E-state index is 10.7. The minimum absolute atomic E-state index is 0.0227. The molecule has 100 valence electrons. The Morgan fingerprint density at radius 2 is 2.22 bits per heavy atom. The van der Waals surface area contributed by atoms with Crippen LogP contribution in [-0.2, 0) is 10.1 Å². The molecule has 0 bridgehead atoms. The van der Waals surface area contributed by atoms with E-state index in [4.69, 9.17) is 4.55 Å². The second kappa shape index (κ2) is 4.32. The molecule has 0 spiro atoms. The first-order valence-corrected chi connectivity index (χ1v) is 7.02. The van der Waals surface area contributed by atoms with Gasteiger partial charge in [0, 0.05) is 0 Å². The van der Waals surface area contributed by atoms with Gasteiger partial charge in [-0.25, -0.2) is 0 Å². The Morgan fingerprint density at radius 1 is 1.61 bits per heavy atom. The molecule has 0 unspecified atom stereocenters. The molecule has 1 aromatic heterocycles. The van der Waals surface area contributed by atoms with Crippen LogP contribution < -0.4 is 0 Å². The largest absolute Gasteiger partial charge is 0.309 e. The van der Waals surface area contributed by atoms with Crippen LogP contribution in [0.4, 0.5) is 5.69 Å². The van der Waals surface area contributed by atoms with Gasteiger partial charge in [-0.2, -0.15) is 13.5 Å². The van der Waals surface area contributed by atoms with Crippen LogP contribution in [0, 0.1) is 23.0 Å². The van der Waals surface area contributed by atoms with Crippen LogP contribution in [0.25, 0.3) is 0 Å². The lowest BCUT2D eigenvalue weighted by Crippen LogP contribution is -2.32. The predicted octanol–water partition coefficient (Wildman–Crippen LogP) is 0.939. The first-order chi connectivity index (χ1) is 8.28. The summed E-state index contributed by atoms with van der Waals surface area (Å²) in [5.41, 5.74) is 0.434. The van der Waals surface area contributed by atoms with E-state index in [-0.39, 0.29) is 23.4 Å². The second-order valence-electron chi connectivity index (χ2n) is 4.56. The maximum Gasteiger partial charge on any atom is 0.309 e. The molecule has 1 aliphatic rings. The quantitative estimate of drug-likeness (QED) is 0.496. The van der Waals surface area contributed by atoms with Crippen molar-refractivity contribution in [3.05, 3.63) is 22.0 Å². The molecule has 9 heteroatoms. The van der Waals surface area contributed by atoms with Gasteiger partial charge < -0.3 is 0 Å². The van der Waals surface area contributed by atoms with Crippen molar-refractivity contribution in [2.24, 2.45) is 5.92 Å². The van der Waals surface area contributed by atoms with Gasteiger partial charge in [-0.3, -0.25) is 19.3 Å². The molecule has 0 radical (unpaired) electrons. The van der Waals surface area contributed by atoms with Crippen LogP contribution in [0.5, 0.6) is 0 Å². The summed E-state index contributed by atoms with van der Waals surface area (Å²) in [7, 11) is -3.95. The molecule has 1 fully saturated rings. The Morgan fingerprint density at radius 3 is 2.67 bits per heavy atom. The highest BCUT2D eigenvalue weighted by Gasteiger charge is 2.35. The Hall–Kier alpha value is -1.48. The third-order valence-corrected chi connectivity index (χ3v) is 4.11. The first kappa shape index (κ1) is 13.0. The Labute approximate surface area is 104 Å². The van der Waals surface area contributed by atoms with Gasteiger partial charge in [0.25, 0.3) is 10.1 Å². The molecule has 1 heterocycles. The molecule has 18 heavy (non-hydrogen) atoms. The highest BCUT2D eigenvalue weighted by atomic mass is 32.2. The van der Waals surface area contributed by atoms with Crippen LogP contribution >= 0.6 is 0 Å². The molecule has 1 aromatic rings. The van der Waals surface area contributed by atoms with Crippen LogP contribution in [0.3, 0.4) is 0 Å². The zero-order valence-electron chi connectivity index (χ0n) is 9.68. The van der Waals surface area contributed by atoms with E-state index in [9.17, 15) is 18.5 Å². The summed E-state index contributed by atoms with van der Waals surface area (Å²) in [5, 5.41) is 14.6. The highest BCUT2D eigenvalue weighted by molar-refractivity contribution is 7.85. The first-order valence-electron chi connectivity index (χ1n) is 5.41. The summed E-state index contributed by atoms with van der Waals surface area (Å²) in [6.07, 6.45) is 2.31. The number of aromatic nitrogens is 2. The lowest BCUT2D eigenvalue weighted by molar-refractivity contribution is -0.385. The smallest absolute Gasteiger partial charge is 0.286 e. The van der Waals surface area contributed by atoms with Crippen molar-refractivity contribution >= 4 is 15.8 Å². The lowest BCUT2D eigenvalue weighted by Gasteiger charge is -2.35. The Balaban J connectivity index is 2.03. The molecule has 0 aliphatic heterocycles. The molecule has 1 aliphatic carbocycles. The van der Waals surface area contributed by atoms with Gasteiger partial charge in [0.05, 0.1) is 16.7 Å². The van der Waals surface area contributed by atoms with Crippen LogP contribution in [0.2, 0.25) is 0 Å². The fraction of sp³-hybridized carbons (Fsp3) is 0.667. The van der Waals surface area contributed by atoms with Crippen molar-refractivity contribution in [3.8, 4) is 0 Å². The van der Waals surface area contributed by atoms with Gasteiger partial charge >= 0.3 is 5.69 Å². The topological polar surface area (TPSA) is 115 Å². The fourth-order valence-electron chi connectivity index (χ4n) is 2.30. The average Bonchev–Trinajstić information content (AvgIpc) is 2.51. The summed E-state index contributed by atoms with van der Waals surface area (Å²) in [6, 6.07) is -0.0227. The summed E-state index contributed by atoms with van der Waals surface area (Å²) >= 11 is 0. The summed E-state index contributed by atoms with van der Waals surface area (Å²) in [5.74, 6) is -0.362. The fourth-order valence-corrected chi connectivity index (χ4v) is 3.16. The molecule has 2 rings (SSSR count). The van der Waals surface area contributed by atoms with Gasteiger partial charge in [0.15, 0.2) is 0 Å². The van der Waals surface area contributed by atoms with Gasteiger partial charge in [-0.15, -0.1) is 0 Å². The molecule has 8 nitrogen and oxygen atoms in total. The summed E-state index contributed by atoms with van der Waals surface area (Å²) < 4.78 is 31.6. The van der Waals surface area contributed by atoms with Crippen molar-refractivity contribution in [1.82, 2.24) is 9.78 Å². The van der Waals surface area contributed by atoms with Gasteiger partial charge in [0.1, 0.15) is 11.9 Å². The summed E-state index contributed by atoms with van der Waals surface area (Å²) in [6.45, 7) is 1.61. The normalized spacial score (nSPS) is 23.7. The van der Waals surface area contributed by atoms with Gasteiger partial charge in [-0.1, -0.05) is 0 Å². The van der Waals surface area contributed by atoms with Crippen molar-refractivity contribution in [1.29, 1.82) is 0 Å². The molecule has 1 N–H and O–H groups in total. The average molecular weight is 275 g/mol. The zero-order valence-corrected chi connectivity index (χ0v) is 10.5. The number of rotatable bonds is 4. The minimum atomic E-state index is -3.95. The van der Waals surface area contributed by atoms with Gasteiger partial charge in [0.2, 0.25) is 0 Å². The van der Waals surface area contributed by atoms with E-state index in [1.807, 2.05) is 0 Å². The Kier molecular flexibility index (Phi) is 3.11. The van der Waals surface area contributed by atoms with E-state index in [0.29, 0.717) is 18.5 Å². The van der Waals surface area contributed by atoms with E-state index < -0.39 is 15.0 Å². The van der Waals surface area contributed by atoms with Crippen LogP contribution in [0.1, 0.15) is 24.6 Å². The van der Waals surface area contributed by atoms with E-state index in [1.165, 1.54) is 6.20 Å². The van der Waals surface area contributed by atoms with Crippen molar-refractivity contribution in [3.63, 3.8) is 0 Å². The van der Waals surface area contributed by atoms with Crippen LogP contribution in [-0.4, -0.2) is 33.4 Å². The van der Waals surface area contributed by atoms with Crippen molar-refractivity contribution in [2.45, 2.75) is 25.8 Å². The number of hydrogen-bond acceptors (Lipinski definition) is 5. The lowest BCUT2D eigenvalue weighted by atomic mass is 9.81. The Bertz CT molecular complexity index is 573. The monoisotopic (exact) mass is 275 g/mol. The van der Waals surface area contributed by atoms with E-state index in [0.717, 1.165) is 0 Å². The molecule has 1 saturated carbocycles. The maximum atomic E-state index is 10.7. The molecule has 0 saturated heterocycles. The predicted molar refractivity (Wildman–Crippen MR) is 61.8 cm³/mol. The third kappa shape index (κ3) is 2.51.